The molecule has 0 aliphatic rings. The van der Waals surface area contributed by atoms with E-state index in [-0.39, 0.29) is 5.69 Å². The molecular formula is C17H14N4O6. The van der Waals surface area contributed by atoms with Crippen LogP contribution in [0.4, 0.5) is 11.4 Å². The van der Waals surface area contributed by atoms with Crippen LogP contribution in [0.15, 0.2) is 53.6 Å². The summed E-state index contributed by atoms with van der Waals surface area (Å²) in [5, 5.41) is 16.6. The van der Waals surface area contributed by atoms with Gasteiger partial charge in [-0.25, -0.2) is 10.2 Å². The second-order valence-electron chi connectivity index (χ2n) is 5.07. The first-order valence-electron chi connectivity index (χ1n) is 7.48. The fraction of sp³-hybridized carbons (Fsp3) is 0.0588. The molecule has 0 spiro atoms. The largest absolute Gasteiger partial charge is 0.465 e. The summed E-state index contributed by atoms with van der Waals surface area (Å²) >= 11 is 0. The highest BCUT2D eigenvalue weighted by Gasteiger charge is 2.13. The van der Waals surface area contributed by atoms with Crippen molar-refractivity contribution in [1.29, 1.82) is 0 Å². The standard InChI is InChI=1S/C17H14N4O6/c1-27-17(24)12-5-7-13(8-6-12)19-15(22)16(23)20-18-10-11-3-2-4-14(9-11)21(25)26/h2-10H,1H3,(H,19,22)(H,20,23)/b18-10+. The average molecular weight is 370 g/mol. The summed E-state index contributed by atoms with van der Waals surface area (Å²) in [5.41, 5.74) is 2.85. The fourth-order valence-electron chi connectivity index (χ4n) is 1.93. The molecule has 2 N–H and O–H groups in total. The van der Waals surface area contributed by atoms with Crippen molar-refractivity contribution in [3.8, 4) is 0 Å². The summed E-state index contributed by atoms with van der Waals surface area (Å²) in [5.74, 6) is -2.54. The van der Waals surface area contributed by atoms with Gasteiger partial charge in [-0.1, -0.05) is 12.1 Å². The lowest BCUT2D eigenvalue weighted by Crippen LogP contribution is -2.32. The maximum Gasteiger partial charge on any atom is 0.337 e. The van der Waals surface area contributed by atoms with Gasteiger partial charge in [0.25, 0.3) is 5.69 Å². The second kappa shape index (κ2) is 8.85. The number of hydrogen-bond acceptors (Lipinski definition) is 7. The lowest BCUT2D eigenvalue weighted by Gasteiger charge is -2.05. The summed E-state index contributed by atoms with van der Waals surface area (Å²) in [7, 11) is 1.25. The van der Waals surface area contributed by atoms with E-state index in [1.807, 2.05) is 5.43 Å². The molecule has 10 heteroatoms. The van der Waals surface area contributed by atoms with Gasteiger partial charge in [-0.3, -0.25) is 19.7 Å². The summed E-state index contributed by atoms with van der Waals surface area (Å²) in [4.78, 5) is 45.0. The Morgan fingerprint density at radius 2 is 1.81 bits per heavy atom. The number of esters is 1. The Kier molecular flexibility index (Phi) is 6.31. The summed E-state index contributed by atoms with van der Waals surface area (Å²) in [6, 6.07) is 11.3. The second-order valence-corrected chi connectivity index (χ2v) is 5.07. The first-order valence-corrected chi connectivity index (χ1v) is 7.48. The number of nitrogens with one attached hydrogen (secondary N) is 2. The molecule has 27 heavy (non-hydrogen) atoms. The number of anilines is 1. The van der Waals surface area contributed by atoms with Gasteiger partial charge < -0.3 is 10.1 Å². The number of benzene rings is 2. The molecule has 0 radical (unpaired) electrons. The third-order valence-corrected chi connectivity index (χ3v) is 3.23. The minimum absolute atomic E-state index is 0.126. The first-order chi connectivity index (χ1) is 12.9. The van der Waals surface area contributed by atoms with Gasteiger partial charge >= 0.3 is 17.8 Å². The van der Waals surface area contributed by atoms with Gasteiger partial charge in [-0.05, 0) is 24.3 Å². The van der Waals surface area contributed by atoms with Gasteiger partial charge in [0.1, 0.15) is 0 Å². The average Bonchev–Trinajstić information content (AvgIpc) is 2.68. The van der Waals surface area contributed by atoms with Crippen LogP contribution in [-0.4, -0.2) is 36.0 Å². The first kappa shape index (κ1) is 19.2. The number of hydrazone groups is 1. The Morgan fingerprint density at radius 1 is 1.11 bits per heavy atom. The van der Waals surface area contributed by atoms with Crippen LogP contribution in [0.5, 0.6) is 0 Å². The third-order valence-electron chi connectivity index (χ3n) is 3.23. The lowest BCUT2D eigenvalue weighted by atomic mass is 10.2. The predicted octanol–water partition coefficient (Wildman–Crippen LogP) is 1.47. The van der Waals surface area contributed by atoms with E-state index in [0.29, 0.717) is 16.8 Å². The maximum absolute atomic E-state index is 11.8. The molecular weight excluding hydrogens is 356 g/mol. The van der Waals surface area contributed by atoms with E-state index in [9.17, 15) is 24.5 Å². The van der Waals surface area contributed by atoms with Crippen LogP contribution in [0.3, 0.4) is 0 Å². The molecule has 2 aromatic rings. The fourth-order valence-corrected chi connectivity index (χ4v) is 1.93. The maximum atomic E-state index is 11.8. The zero-order valence-electron chi connectivity index (χ0n) is 14.0. The van der Waals surface area contributed by atoms with E-state index in [0.717, 1.165) is 0 Å². The van der Waals surface area contributed by atoms with E-state index >= 15 is 0 Å². The van der Waals surface area contributed by atoms with Crippen molar-refractivity contribution in [3.05, 3.63) is 69.8 Å². The van der Waals surface area contributed by atoms with E-state index in [1.54, 1.807) is 6.07 Å². The zero-order chi connectivity index (χ0) is 19.8. The monoisotopic (exact) mass is 370 g/mol. The molecule has 0 atom stereocenters. The van der Waals surface area contributed by atoms with E-state index in [4.69, 9.17) is 0 Å². The number of amides is 2. The molecule has 0 bridgehead atoms. The van der Waals surface area contributed by atoms with E-state index < -0.39 is 22.7 Å². The smallest absolute Gasteiger partial charge is 0.337 e. The number of methoxy groups -OCH3 is 1. The van der Waals surface area contributed by atoms with Crippen molar-refractivity contribution in [2.75, 3.05) is 12.4 Å². The highest BCUT2D eigenvalue weighted by molar-refractivity contribution is 6.39. The number of rotatable bonds is 5. The topological polar surface area (TPSA) is 140 Å². The normalized spacial score (nSPS) is 10.3. The minimum Gasteiger partial charge on any atom is -0.465 e. The van der Waals surface area contributed by atoms with E-state index in [2.05, 4.69) is 15.2 Å². The van der Waals surface area contributed by atoms with Crippen molar-refractivity contribution in [2.24, 2.45) is 5.10 Å². The Hall–Kier alpha value is -4.08. The zero-order valence-corrected chi connectivity index (χ0v) is 14.0. The quantitative estimate of drug-likeness (QED) is 0.268. The van der Waals surface area contributed by atoms with Crippen LogP contribution in [0, 0.1) is 10.1 Å². The van der Waals surface area contributed by atoms with Crippen LogP contribution in [0.2, 0.25) is 0 Å². The summed E-state index contributed by atoms with van der Waals surface area (Å²) in [6.45, 7) is 0. The van der Waals surface area contributed by atoms with Crippen LogP contribution < -0.4 is 10.7 Å². The molecule has 0 saturated heterocycles. The molecule has 0 fully saturated rings. The van der Waals surface area contributed by atoms with Gasteiger partial charge in [0.2, 0.25) is 0 Å². The molecule has 0 unspecified atom stereocenters. The van der Waals surface area contributed by atoms with Gasteiger partial charge in [0, 0.05) is 23.4 Å². The Morgan fingerprint density at radius 3 is 2.44 bits per heavy atom. The highest BCUT2D eigenvalue weighted by Crippen LogP contribution is 2.12. The number of hydrogen-bond donors (Lipinski definition) is 2. The van der Waals surface area contributed by atoms with Crippen molar-refractivity contribution in [3.63, 3.8) is 0 Å². The van der Waals surface area contributed by atoms with Gasteiger partial charge in [0.05, 0.1) is 23.8 Å². The number of ether oxygens (including phenoxy) is 1. The Bertz CT molecular complexity index is 908. The number of nitro benzene ring substituents is 1. The van der Waals surface area contributed by atoms with Crippen molar-refractivity contribution >= 4 is 35.4 Å². The summed E-state index contributed by atoms with van der Waals surface area (Å²) in [6.07, 6.45) is 1.17. The van der Waals surface area contributed by atoms with Crippen molar-refractivity contribution < 1.29 is 24.0 Å². The predicted molar refractivity (Wildman–Crippen MR) is 95.2 cm³/mol. The van der Waals surface area contributed by atoms with Crippen molar-refractivity contribution in [1.82, 2.24) is 5.43 Å². The van der Waals surface area contributed by atoms with Crippen LogP contribution in [0.25, 0.3) is 0 Å². The molecule has 0 heterocycles. The number of carbonyl (C=O) groups is 3. The number of nitro groups is 1. The molecule has 10 nitrogen and oxygen atoms in total. The van der Waals surface area contributed by atoms with Crippen molar-refractivity contribution in [2.45, 2.75) is 0 Å². The van der Waals surface area contributed by atoms with E-state index in [1.165, 1.54) is 55.8 Å². The lowest BCUT2D eigenvalue weighted by molar-refractivity contribution is -0.384. The molecule has 2 rings (SSSR count). The van der Waals surface area contributed by atoms with Gasteiger partial charge in [0.15, 0.2) is 0 Å². The van der Waals surface area contributed by atoms with Gasteiger partial charge in [-0.2, -0.15) is 5.10 Å². The molecule has 138 valence electrons. The Balaban J connectivity index is 1.92. The van der Waals surface area contributed by atoms with Crippen LogP contribution in [0.1, 0.15) is 15.9 Å². The summed E-state index contributed by atoms with van der Waals surface area (Å²) < 4.78 is 4.55. The third kappa shape index (κ3) is 5.46. The highest BCUT2D eigenvalue weighted by atomic mass is 16.6. The van der Waals surface area contributed by atoms with Gasteiger partial charge in [-0.15, -0.1) is 0 Å². The molecule has 0 saturated carbocycles. The molecule has 2 amide bonds. The van der Waals surface area contributed by atoms with Crippen LogP contribution in [-0.2, 0) is 14.3 Å². The molecule has 0 aromatic heterocycles. The number of carbonyl (C=O) groups excluding carboxylic acids is 3. The molecule has 0 aliphatic heterocycles. The molecule has 0 aliphatic carbocycles. The molecule has 2 aromatic carbocycles. The SMILES string of the molecule is COC(=O)c1ccc(NC(=O)C(=O)N/N=C/c2cccc([N+](=O)[O-])c2)cc1. The minimum atomic E-state index is -1.03. The Labute approximate surface area is 153 Å². The number of nitrogens with zero attached hydrogens (tertiary/aromatic N) is 2. The number of non-ortho nitro benzene ring substituents is 1. The van der Waals surface area contributed by atoms with Crippen LogP contribution >= 0.6 is 0 Å².